The van der Waals surface area contributed by atoms with Gasteiger partial charge in [0.25, 0.3) is 0 Å². The number of hydrogen-bond acceptors (Lipinski definition) is 1. The summed E-state index contributed by atoms with van der Waals surface area (Å²) in [6.07, 6.45) is 0. The lowest BCUT2D eigenvalue weighted by Gasteiger charge is -2.24. The van der Waals surface area contributed by atoms with Crippen LogP contribution in [-0.2, 0) is 10.8 Å². The molecule has 61 heavy (non-hydrogen) atoms. The number of hydrogen-bond donors (Lipinski definition) is 0. The van der Waals surface area contributed by atoms with Gasteiger partial charge in [-0.2, -0.15) is 0 Å². The topological polar surface area (TPSA) is 13.1 Å². The first-order chi connectivity index (χ1) is 29.8. The van der Waals surface area contributed by atoms with Crippen LogP contribution in [-0.4, -0.2) is 0 Å². The zero-order valence-electron chi connectivity index (χ0n) is 34.7. The first-order valence-electron chi connectivity index (χ1n) is 21.6. The molecule has 0 unspecified atom stereocenters. The summed E-state index contributed by atoms with van der Waals surface area (Å²) in [4.78, 5) is 0. The molecular formula is C60H42O. The smallest absolute Gasteiger partial charge is 0.140 e. The highest BCUT2D eigenvalue weighted by molar-refractivity contribution is 6.22. The van der Waals surface area contributed by atoms with Crippen LogP contribution in [0, 0.1) is 0 Å². The average Bonchev–Trinajstić information content (AvgIpc) is 3.87. The summed E-state index contributed by atoms with van der Waals surface area (Å²) in [6.45, 7) is 9.55. The fraction of sp³-hybridized carbons (Fsp3) is 0.100. The van der Waals surface area contributed by atoms with E-state index in [1.807, 2.05) is 0 Å². The third-order valence-corrected chi connectivity index (χ3v) is 14.4. The maximum absolute atomic E-state index is 6.97. The summed E-state index contributed by atoms with van der Waals surface area (Å²) in [5.41, 5.74) is 19.6. The van der Waals surface area contributed by atoms with Crippen molar-refractivity contribution in [3.05, 3.63) is 204 Å². The van der Waals surface area contributed by atoms with Crippen LogP contribution in [0.15, 0.2) is 186 Å². The third kappa shape index (κ3) is 4.61. The Bertz CT molecular complexity index is 3630. The molecule has 13 rings (SSSR count). The number of furan rings is 1. The van der Waals surface area contributed by atoms with E-state index in [2.05, 4.69) is 210 Å². The summed E-state index contributed by atoms with van der Waals surface area (Å²) >= 11 is 0. The van der Waals surface area contributed by atoms with Crippen LogP contribution < -0.4 is 0 Å². The number of benzene rings is 10. The van der Waals surface area contributed by atoms with Crippen molar-refractivity contribution in [3.63, 3.8) is 0 Å². The van der Waals surface area contributed by atoms with Gasteiger partial charge in [0.15, 0.2) is 0 Å². The highest BCUT2D eigenvalue weighted by atomic mass is 16.3. The molecular weight excluding hydrogens is 737 g/mol. The molecule has 288 valence electrons. The van der Waals surface area contributed by atoms with Crippen LogP contribution in [0.1, 0.15) is 49.9 Å². The standard InChI is InChI=1S/C60H42O/c1-59(2)50-31-28-37(47-34-49-45-30-26-35-16-8-9-19-39(35)56(45)60(3,4)57(49)58-55(47)46-24-14-15-25-52(46)61-58)32-48(50)40-29-27-38(33-51(40)59)54-43-22-12-10-20-41(43)53(36-17-6-5-7-18-36)42-21-11-13-23-44(42)54/h5-34H,1-4H3. The first kappa shape index (κ1) is 34.6. The van der Waals surface area contributed by atoms with E-state index in [1.165, 1.54) is 116 Å². The Balaban J connectivity index is 1.02. The number of rotatable bonds is 3. The van der Waals surface area contributed by atoms with Gasteiger partial charge in [0.1, 0.15) is 11.2 Å². The van der Waals surface area contributed by atoms with Gasteiger partial charge in [0, 0.05) is 27.2 Å². The van der Waals surface area contributed by atoms with E-state index < -0.39 is 0 Å². The fourth-order valence-electron chi connectivity index (χ4n) is 11.7. The van der Waals surface area contributed by atoms with Crippen LogP contribution in [0.5, 0.6) is 0 Å². The Morgan fingerprint density at radius 3 is 1.66 bits per heavy atom. The normalized spacial score (nSPS) is 14.5. The van der Waals surface area contributed by atoms with E-state index in [1.54, 1.807) is 0 Å². The summed E-state index contributed by atoms with van der Waals surface area (Å²) in [5, 5.41) is 10.1. The molecule has 0 atom stereocenters. The van der Waals surface area contributed by atoms with E-state index in [-0.39, 0.29) is 10.8 Å². The lowest BCUT2D eigenvalue weighted by molar-refractivity contribution is 0.622. The average molecular weight is 779 g/mol. The molecule has 1 heteroatoms. The van der Waals surface area contributed by atoms with Gasteiger partial charge >= 0.3 is 0 Å². The van der Waals surface area contributed by atoms with Crippen LogP contribution in [0.25, 0.3) is 110 Å². The van der Waals surface area contributed by atoms with Gasteiger partial charge in [-0.1, -0.05) is 185 Å². The molecule has 0 radical (unpaired) electrons. The van der Waals surface area contributed by atoms with E-state index in [9.17, 15) is 0 Å². The largest absolute Gasteiger partial charge is 0.456 e. The zero-order valence-corrected chi connectivity index (χ0v) is 34.7. The Kier molecular flexibility index (Phi) is 6.91. The summed E-state index contributed by atoms with van der Waals surface area (Å²) < 4.78 is 6.97. The highest BCUT2D eigenvalue weighted by Crippen LogP contribution is 2.58. The molecule has 10 aromatic carbocycles. The van der Waals surface area contributed by atoms with Crippen molar-refractivity contribution in [1.29, 1.82) is 0 Å². The molecule has 1 nitrogen and oxygen atoms in total. The van der Waals surface area contributed by atoms with E-state index >= 15 is 0 Å². The predicted octanol–water partition coefficient (Wildman–Crippen LogP) is 16.7. The van der Waals surface area contributed by atoms with Crippen LogP contribution in [0.3, 0.4) is 0 Å². The minimum absolute atomic E-state index is 0.186. The molecule has 1 aromatic heterocycles. The SMILES string of the molecule is CC1(C)c2ccc(-c3cc4c(c5oc6ccccc6c35)C(C)(C)c3c-4ccc4ccccc34)cc2-c2ccc(-c3c4ccccc4c(-c4ccccc4)c4ccccc34)cc21. The fourth-order valence-corrected chi connectivity index (χ4v) is 11.7. The van der Waals surface area contributed by atoms with Gasteiger partial charge in [-0.25, -0.2) is 0 Å². The minimum atomic E-state index is -0.243. The van der Waals surface area contributed by atoms with Crippen molar-refractivity contribution in [3.8, 4) is 55.6 Å². The molecule has 2 aliphatic rings. The Morgan fingerprint density at radius 2 is 0.934 bits per heavy atom. The van der Waals surface area contributed by atoms with E-state index in [0.717, 1.165) is 16.6 Å². The molecule has 2 aliphatic carbocycles. The molecule has 0 fully saturated rings. The maximum atomic E-state index is 6.97. The van der Waals surface area contributed by atoms with E-state index in [4.69, 9.17) is 4.42 Å². The molecule has 0 amide bonds. The van der Waals surface area contributed by atoms with Gasteiger partial charge in [-0.15, -0.1) is 0 Å². The van der Waals surface area contributed by atoms with Gasteiger partial charge < -0.3 is 4.42 Å². The van der Waals surface area contributed by atoms with Crippen molar-refractivity contribution in [2.75, 3.05) is 0 Å². The molecule has 0 saturated carbocycles. The van der Waals surface area contributed by atoms with Gasteiger partial charge in [0.2, 0.25) is 0 Å². The second kappa shape index (κ2) is 12.2. The van der Waals surface area contributed by atoms with Crippen molar-refractivity contribution < 1.29 is 4.42 Å². The highest BCUT2D eigenvalue weighted by Gasteiger charge is 2.41. The van der Waals surface area contributed by atoms with Crippen molar-refractivity contribution >= 4 is 54.3 Å². The Labute approximate surface area is 355 Å². The monoisotopic (exact) mass is 778 g/mol. The Hall–Kier alpha value is -7.22. The molecule has 11 aromatic rings. The van der Waals surface area contributed by atoms with E-state index in [0.29, 0.717) is 0 Å². The van der Waals surface area contributed by atoms with Gasteiger partial charge in [-0.05, 0) is 129 Å². The van der Waals surface area contributed by atoms with Gasteiger partial charge in [0.05, 0.1) is 0 Å². The number of para-hydroxylation sites is 1. The van der Waals surface area contributed by atoms with Crippen LogP contribution >= 0.6 is 0 Å². The zero-order chi connectivity index (χ0) is 40.8. The molecule has 0 spiro atoms. The van der Waals surface area contributed by atoms with Crippen LogP contribution in [0.2, 0.25) is 0 Å². The lowest BCUT2D eigenvalue weighted by atomic mass is 9.79. The maximum Gasteiger partial charge on any atom is 0.140 e. The Morgan fingerprint density at radius 1 is 0.344 bits per heavy atom. The second-order valence-corrected chi connectivity index (χ2v) is 18.3. The molecule has 1 heterocycles. The predicted molar refractivity (Wildman–Crippen MR) is 258 cm³/mol. The summed E-state index contributed by atoms with van der Waals surface area (Å²) in [5.74, 6) is 0. The van der Waals surface area contributed by atoms with Crippen molar-refractivity contribution in [1.82, 2.24) is 0 Å². The minimum Gasteiger partial charge on any atom is -0.456 e. The first-order valence-corrected chi connectivity index (χ1v) is 21.6. The van der Waals surface area contributed by atoms with Crippen molar-refractivity contribution in [2.45, 2.75) is 38.5 Å². The van der Waals surface area contributed by atoms with Crippen LogP contribution in [0.4, 0.5) is 0 Å². The van der Waals surface area contributed by atoms with Gasteiger partial charge in [-0.3, -0.25) is 0 Å². The third-order valence-electron chi connectivity index (χ3n) is 14.4. The summed E-state index contributed by atoms with van der Waals surface area (Å²) in [6, 6.07) is 67.8. The number of fused-ring (bicyclic) bond motifs is 14. The molecule has 0 bridgehead atoms. The lowest BCUT2D eigenvalue weighted by Crippen LogP contribution is -2.16. The quantitative estimate of drug-likeness (QED) is 0.163. The molecule has 0 saturated heterocycles. The molecule has 0 N–H and O–H groups in total. The summed E-state index contributed by atoms with van der Waals surface area (Å²) in [7, 11) is 0. The van der Waals surface area contributed by atoms with Crippen molar-refractivity contribution in [2.24, 2.45) is 0 Å². The molecule has 0 aliphatic heterocycles. The second-order valence-electron chi connectivity index (χ2n) is 18.3.